The Bertz CT molecular complexity index is 731. The van der Waals surface area contributed by atoms with Gasteiger partial charge in [0.05, 0.1) is 19.8 Å². The Kier molecular flexibility index (Phi) is 6.18. The molecule has 2 aromatic carbocycles. The van der Waals surface area contributed by atoms with Crippen molar-refractivity contribution in [2.45, 2.75) is 6.04 Å². The number of halogens is 2. The second kappa shape index (κ2) is 8.56. The van der Waals surface area contributed by atoms with Crippen LogP contribution in [0.25, 0.3) is 0 Å². The second-order valence-corrected chi connectivity index (χ2v) is 6.99. The van der Waals surface area contributed by atoms with Crippen molar-refractivity contribution in [2.75, 3.05) is 32.8 Å². The van der Waals surface area contributed by atoms with Crippen LogP contribution in [0.2, 0.25) is 0 Å². The molecule has 2 aromatic rings. The highest BCUT2D eigenvalue weighted by atomic mass is 79.9. The standard InChI is InChI=1S/C19H20BrFN2O2/c20-16-3-6-19(24)15(11-16)12-22-13-18(23-7-9-25-10-8-23)14-1-4-17(21)5-2-14/h1-6,11-12,18,24H,7-10,13H2/p+1/t18-/m0/s1. The lowest BCUT2D eigenvalue weighted by atomic mass is 10.0. The quantitative estimate of drug-likeness (QED) is 0.747. The summed E-state index contributed by atoms with van der Waals surface area (Å²) in [6, 6.07) is 12.0. The third-order valence-electron chi connectivity index (χ3n) is 4.41. The summed E-state index contributed by atoms with van der Waals surface area (Å²) in [4.78, 5) is 5.94. The smallest absolute Gasteiger partial charge is 0.133 e. The van der Waals surface area contributed by atoms with E-state index in [0.717, 1.165) is 36.3 Å². The van der Waals surface area contributed by atoms with Gasteiger partial charge >= 0.3 is 0 Å². The van der Waals surface area contributed by atoms with Crippen molar-refractivity contribution in [1.29, 1.82) is 0 Å². The van der Waals surface area contributed by atoms with E-state index in [1.807, 2.05) is 18.2 Å². The summed E-state index contributed by atoms with van der Waals surface area (Å²) in [7, 11) is 0. The van der Waals surface area contributed by atoms with Gasteiger partial charge in [-0.25, -0.2) is 4.39 Å². The minimum Gasteiger partial charge on any atom is -0.507 e. The van der Waals surface area contributed by atoms with Crippen LogP contribution in [0.4, 0.5) is 4.39 Å². The van der Waals surface area contributed by atoms with Crippen LogP contribution >= 0.6 is 15.9 Å². The lowest BCUT2D eigenvalue weighted by Crippen LogP contribution is -3.14. The second-order valence-electron chi connectivity index (χ2n) is 6.07. The van der Waals surface area contributed by atoms with E-state index in [4.69, 9.17) is 4.74 Å². The molecule has 4 nitrogen and oxygen atoms in total. The van der Waals surface area contributed by atoms with Crippen molar-refractivity contribution >= 4 is 22.1 Å². The summed E-state index contributed by atoms with van der Waals surface area (Å²) in [6.45, 7) is 3.82. The van der Waals surface area contributed by atoms with Crippen LogP contribution in [0.15, 0.2) is 51.9 Å². The summed E-state index contributed by atoms with van der Waals surface area (Å²) < 4.78 is 19.6. The van der Waals surface area contributed by atoms with E-state index in [2.05, 4.69) is 20.9 Å². The van der Waals surface area contributed by atoms with Crippen molar-refractivity contribution in [1.82, 2.24) is 0 Å². The van der Waals surface area contributed by atoms with Crippen LogP contribution < -0.4 is 4.90 Å². The predicted octanol–water partition coefficient (Wildman–Crippen LogP) is 2.37. The number of nitrogens with zero attached hydrogens (tertiary/aromatic N) is 1. The molecular weight excluding hydrogens is 387 g/mol. The molecule has 0 radical (unpaired) electrons. The molecule has 3 rings (SSSR count). The minimum absolute atomic E-state index is 0.134. The Hall–Kier alpha value is -1.76. The number of quaternary nitrogens is 1. The fourth-order valence-corrected chi connectivity index (χ4v) is 3.41. The topological polar surface area (TPSA) is 46.3 Å². The zero-order valence-corrected chi connectivity index (χ0v) is 15.4. The fraction of sp³-hybridized carbons (Fsp3) is 0.316. The van der Waals surface area contributed by atoms with Gasteiger partial charge in [0.1, 0.15) is 30.7 Å². The van der Waals surface area contributed by atoms with Crippen LogP contribution in [-0.2, 0) is 4.74 Å². The Morgan fingerprint density at radius 1 is 1.20 bits per heavy atom. The monoisotopic (exact) mass is 407 g/mol. The third-order valence-corrected chi connectivity index (χ3v) is 4.90. The van der Waals surface area contributed by atoms with Gasteiger partial charge in [0.15, 0.2) is 0 Å². The average molecular weight is 408 g/mol. The van der Waals surface area contributed by atoms with E-state index in [-0.39, 0.29) is 17.6 Å². The van der Waals surface area contributed by atoms with Crippen molar-refractivity contribution < 1.29 is 19.1 Å². The van der Waals surface area contributed by atoms with Crippen LogP contribution in [0.1, 0.15) is 17.2 Å². The molecule has 1 saturated heterocycles. The maximum atomic E-state index is 13.3. The molecule has 0 amide bonds. The molecule has 1 fully saturated rings. The molecule has 25 heavy (non-hydrogen) atoms. The molecule has 0 spiro atoms. The normalized spacial score (nSPS) is 17.0. The SMILES string of the molecule is Oc1ccc(Br)cc1C=NC[C@@H](c1ccc(F)cc1)[NH+]1CCOCC1. The summed E-state index contributed by atoms with van der Waals surface area (Å²) in [5, 5.41) is 9.92. The molecule has 0 aliphatic carbocycles. The number of phenolic OH excluding ortho intramolecular Hbond substituents is 1. The van der Waals surface area contributed by atoms with E-state index in [0.29, 0.717) is 12.1 Å². The first-order chi connectivity index (χ1) is 12.1. The summed E-state index contributed by atoms with van der Waals surface area (Å²) in [5.74, 6) is -0.0361. The van der Waals surface area contributed by atoms with E-state index >= 15 is 0 Å². The highest BCUT2D eigenvalue weighted by Gasteiger charge is 2.26. The predicted molar refractivity (Wildman–Crippen MR) is 98.9 cm³/mol. The highest BCUT2D eigenvalue weighted by Crippen LogP contribution is 2.20. The zero-order valence-electron chi connectivity index (χ0n) is 13.8. The summed E-state index contributed by atoms with van der Waals surface area (Å²) in [6.07, 6.45) is 1.69. The number of hydrogen-bond donors (Lipinski definition) is 2. The van der Waals surface area contributed by atoms with Gasteiger partial charge in [-0.3, -0.25) is 4.99 Å². The number of aliphatic imine (C=N–C) groups is 1. The van der Waals surface area contributed by atoms with Crippen LogP contribution in [0.5, 0.6) is 5.75 Å². The molecule has 0 bridgehead atoms. The van der Waals surface area contributed by atoms with E-state index in [1.54, 1.807) is 18.3 Å². The third kappa shape index (κ3) is 4.87. The maximum absolute atomic E-state index is 13.3. The Morgan fingerprint density at radius 3 is 2.64 bits per heavy atom. The van der Waals surface area contributed by atoms with Gasteiger partial charge in [0.25, 0.3) is 0 Å². The van der Waals surface area contributed by atoms with Gasteiger partial charge in [-0.2, -0.15) is 0 Å². The first-order valence-electron chi connectivity index (χ1n) is 8.29. The lowest BCUT2D eigenvalue weighted by molar-refractivity contribution is -0.937. The van der Waals surface area contributed by atoms with Crippen LogP contribution in [0, 0.1) is 5.82 Å². The number of morpholine rings is 1. The van der Waals surface area contributed by atoms with Gasteiger partial charge in [-0.05, 0) is 30.3 Å². The van der Waals surface area contributed by atoms with Gasteiger partial charge < -0.3 is 14.7 Å². The molecular formula is C19H21BrFN2O2+. The molecule has 1 heterocycles. The molecule has 1 aliphatic heterocycles. The molecule has 0 unspecified atom stereocenters. The number of rotatable bonds is 5. The van der Waals surface area contributed by atoms with Crippen molar-refractivity contribution in [3.05, 3.63) is 63.9 Å². The van der Waals surface area contributed by atoms with Gasteiger partial charge in [-0.1, -0.05) is 28.1 Å². The first kappa shape index (κ1) is 18.0. The fourth-order valence-electron chi connectivity index (χ4n) is 3.03. The van der Waals surface area contributed by atoms with Gasteiger partial charge in [-0.15, -0.1) is 0 Å². The number of nitrogens with one attached hydrogen (secondary N) is 1. The molecule has 1 atom stereocenters. The lowest BCUT2D eigenvalue weighted by Gasteiger charge is -2.31. The molecule has 0 aromatic heterocycles. The molecule has 6 heteroatoms. The molecule has 132 valence electrons. The van der Waals surface area contributed by atoms with Crippen molar-refractivity contribution in [3.8, 4) is 5.75 Å². The van der Waals surface area contributed by atoms with Gasteiger partial charge in [0, 0.05) is 21.8 Å². The summed E-state index contributed by atoms with van der Waals surface area (Å²) in [5.41, 5.74) is 1.73. The first-order valence-corrected chi connectivity index (χ1v) is 9.09. The molecule has 0 saturated carbocycles. The Morgan fingerprint density at radius 2 is 1.92 bits per heavy atom. The molecule has 1 aliphatic rings. The van der Waals surface area contributed by atoms with Crippen molar-refractivity contribution in [2.24, 2.45) is 4.99 Å². The van der Waals surface area contributed by atoms with Crippen molar-refractivity contribution in [3.63, 3.8) is 0 Å². The van der Waals surface area contributed by atoms with E-state index in [1.165, 1.54) is 17.0 Å². The highest BCUT2D eigenvalue weighted by molar-refractivity contribution is 9.10. The van der Waals surface area contributed by atoms with E-state index < -0.39 is 0 Å². The Balaban J connectivity index is 1.78. The number of hydrogen-bond acceptors (Lipinski definition) is 3. The largest absolute Gasteiger partial charge is 0.507 e. The number of aromatic hydroxyl groups is 1. The maximum Gasteiger partial charge on any atom is 0.133 e. The van der Waals surface area contributed by atoms with Crippen LogP contribution in [0.3, 0.4) is 0 Å². The Labute approximate surface area is 155 Å². The average Bonchev–Trinajstić information content (AvgIpc) is 2.63. The molecule has 2 N–H and O–H groups in total. The number of phenols is 1. The summed E-state index contributed by atoms with van der Waals surface area (Å²) >= 11 is 3.40. The van der Waals surface area contributed by atoms with Gasteiger partial charge in [0.2, 0.25) is 0 Å². The minimum atomic E-state index is -0.234. The van der Waals surface area contributed by atoms with Crippen LogP contribution in [-0.4, -0.2) is 44.2 Å². The number of benzene rings is 2. The number of ether oxygens (including phenoxy) is 1. The van der Waals surface area contributed by atoms with E-state index in [9.17, 15) is 9.50 Å². The zero-order chi connectivity index (χ0) is 17.6.